The minimum atomic E-state index is -0.352. The number of rotatable bonds is 3. The van der Waals surface area contributed by atoms with Crippen molar-refractivity contribution in [1.29, 1.82) is 0 Å². The van der Waals surface area contributed by atoms with E-state index < -0.39 is 0 Å². The summed E-state index contributed by atoms with van der Waals surface area (Å²) in [6, 6.07) is 13.0. The van der Waals surface area contributed by atoms with Crippen LogP contribution in [-0.2, 0) is 0 Å². The van der Waals surface area contributed by atoms with Crippen molar-refractivity contribution in [3.63, 3.8) is 0 Å². The number of fused-ring (bicyclic) bond motifs is 1. The summed E-state index contributed by atoms with van der Waals surface area (Å²) in [5.41, 5.74) is 1.82. The van der Waals surface area contributed by atoms with Crippen LogP contribution in [0.2, 0.25) is 0 Å². The molecule has 0 aliphatic heterocycles. The Bertz CT molecular complexity index is 1160. The van der Waals surface area contributed by atoms with Crippen molar-refractivity contribution in [3.8, 4) is 17.1 Å². The lowest BCUT2D eigenvalue weighted by Gasteiger charge is -2.11. The standard InChI is InChI=1S/C19H15FN4O2/c1-12-15-11-21-23(14-9-7-13(20)8-10-14)18(15)19(25)24(22-12)16-5-3-4-6-17(16)26-2/h3-11H,1-2H3. The van der Waals surface area contributed by atoms with Crippen molar-refractivity contribution < 1.29 is 9.13 Å². The van der Waals surface area contributed by atoms with Crippen LogP contribution in [0.1, 0.15) is 5.69 Å². The topological polar surface area (TPSA) is 61.9 Å². The fraction of sp³-hybridized carbons (Fsp3) is 0.105. The molecule has 0 fully saturated rings. The highest BCUT2D eigenvalue weighted by Crippen LogP contribution is 2.23. The highest BCUT2D eigenvalue weighted by molar-refractivity contribution is 5.81. The van der Waals surface area contributed by atoms with Gasteiger partial charge in [0, 0.05) is 5.39 Å². The van der Waals surface area contributed by atoms with E-state index in [1.807, 2.05) is 19.1 Å². The third-order valence-electron chi connectivity index (χ3n) is 4.19. The number of nitrogens with zero attached hydrogens (tertiary/aromatic N) is 4. The minimum Gasteiger partial charge on any atom is -0.494 e. The van der Waals surface area contributed by atoms with Gasteiger partial charge in [-0.2, -0.15) is 14.9 Å². The van der Waals surface area contributed by atoms with Gasteiger partial charge >= 0.3 is 0 Å². The number of hydrogen-bond acceptors (Lipinski definition) is 4. The van der Waals surface area contributed by atoms with Gasteiger partial charge in [-0.25, -0.2) is 9.07 Å². The molecule has 4 aromatic rings. The van der Waals surface area contributed by atoms with Gasteiger partial charge in [0.25, 0.3) is 5.56 Å². The predicted molar refractivity (Wildman–Crippen MR) is 95.7 cm³/mol. The van der Waals surface area contributed by atoms with Gasteiger partial charge in [-0.05, 0) is 43.3 Å². The Hall–Kier alpha value is -3.48. The molecule has 0 bridgehead atoms. The molecule has 0 aliphatic carbocycles. The van der Waals surface area contributed by atoms with Gasteiger partial charge in [0.05, 0.1) is 24.7 Å². The summed E-state index contributed by atoms with van der Waals surface area (Å²) in [4.78, 5) is 13.2. The molecule has 0 spiro atoms. The van der Waals surface area contributed by atoms with Crippen LogP contribution >= 0.6 is 0 Å². The van der Waals surface area contributed by atoms with Crippen molar-refractivity contribution in [2.24, 2.45) is 0 Å². The highest BCUT2D eigenvalue weighted by atomic mass is 19.1. The average molecular weight is 350 g/mol. The molecule has 130 valence electrons. The average Bonchev–Trinajstić information content (AvgIpc) is 3.11. The summed E-state index contributed by atoms with van der Waals surface area (Å²) in [6.07, 6.45) is 1.59. The summed E-state index contributed by atoms with van der Waals surface area (Å²) in [7, 11) is 1.54. The van der Waals surface area contributed by atoms with E-state index in [-0.39, 0.29) is 11.4 Å². The Morgan fingerprint density at radius 3 is 2.50 bits per heavy atom. The second-order valence-corrected chi connectivity index (χ2v) is 5.77. The smallest absolute Gasteiger partial charge is 0.298 e. The van der Waals surface area contributed by atoms with Crippen molar-refractivity contribution in [2.45, 2.75) is 6.92 Å². The number of halogens is 1. The van der Waals surface area contributed by atoms with Crippen LogP contribution < -0.4 is 10.3 Å². The number of para-hydroxylation sites is 2. The van der Waals surface area contributed by atoms with E-state index >= 15 is 0 Å². The monoisotopic (exact) mass is 350 g/mol. The molecule has 0 amide bonds. The van der Waals surface area contributed by atoms with Gasteiger partial charge < -0.3 is 4.74 Å². The molecule has 0 saturated heterocycles. The maximum atomic E-state index is 13.2. The molecule has 0 atom stereocenters. The summed E-state index contributed by atoms with van der Waals surface area (Å²) in [5.74, 6) is 0.184. The van der Waals surface area contributed by atoms with E-state index in [1.54, 1.807) is 30.5 Å². The Morgan fingerprint density at radius 2 is 1.77 bits per heavy atom. The van der Waals surface area contributed by atoms with E-state index in [9.17, 15) is 9.18 Å². The highest BCUT2D eigenvalue weighted by Gasteiger charge is 2.17. The van der Waals surface area contributed by atoms with Crippen LogP contribution in [-0.4, -0.2) is 26.7 Å². The minimum absolute atomic E-state index is 0.336. The Labute approximate surface area is 148 Å². The molecule has 0 saturated carbocycles. The first-order valence-corrected chi connectivity index (χ1v) is 7.97. The summed E-state index contributed by atoms with van der Waals surface area (Å²) < 4.78 is 21.4. The van der Waals surface area contributed by atoms with Crippen molar-refractivity contribution in [1.82, 2.24) is 19.6 Å². The molecular formula is C19H15FN4O2. The lowest BCUT2D eigenvalue weighted by Crippen LogP contribution is -2.24. The van der Waals surface area contributed by atoms with Crippen LogP contribution in [0.5, 0.6) is 5.75 Å². The zero-order chi connectivity index (χ0) is 18.3. The Morgan fingerprint density at radius 1 is 1.04 bits per heavy atom. The maximum absolute atomic E-state index is 13.2. The molecule has 0 unspecified atom stereocenters. The molecule has 2 aromatic heterocycles. The lowest BCUT2D eigenvalue weighted by molar-refractivity contribution is 0.411. The zero-order valence-electron chi connectivity index (χ0n) is 14.2. The molecule has 7 heteroatoms. The number of benzene rings is 2. The number of aryl methyl sites for hydroxylation is 1. The van der Waals surface area contributed by atoms with Crippen molar-refractivity contribution >= 4 is 10.9 Å². The molecule has 4 rings (SSSR count). The van der Waals surface area contributed by atoms with Crippen molar-refractivity contribution in [2.75, 3.05) is 7.11 Å². The first kappa shape index (κ1) is 16.0. The molecule has 0 radical (unpaired) electrons. The van der Waals surface area contributed by atoms with E-state index in [4.69, 9.17) is 4.74 Å². The second kappa shape index (κ2) is 6.11. The number of ether oxygens (including phenoxy) is 1. The number of hydrogen-bond donors (Lipinski definition) is 0. The predicted octanol–water partition coefficient (Wildman–Crippen LogP) is 3.03. The fourth-order valence-electron chi connectivity index (χ4n) is 2.91. The van der Waals surface area contributed by atoms with Crippen LogP contribution in [0.15, 0.2) is 59.5 Å². The number of methoxy groups -OCH3 is 1. The number of aromatic nitrogens is 4. The Kier molecular flexibility index (Phi) is 3.76. The lowest BCUT2D eigenvalue weighted by atomic mass is 10.2. The molecule has 0 aliphatic rings. The quantitative estimate of drug-likeness (QED) is 0.570. The third-order valence-corrected chi connectivity index (χ3v) is 4.19. The van der Waals surface area contributed by atoms with Gasteiger partial charge in [0.1, 0.15) is 22.8 Å². The molecule has 0 N–H and O–H groups in total. The van der Waals surface area contributed by atoms with Crippen LogP contribution in [0, 0.1) is 12.7 Å². The summed E-state index contributed by atoms with van der Waals surface area (Å²) >= 11 is 0. The molecule has 2 heterocycles. The molecular weight excluding hydrogens is 335 g/mol. The SMILES string of the molecule is COc1ccccc1-n1nc(C)c2cnn(-c3ccc(F)cc3)c2c1=O. The van der Waals surface area contributed by atoms with E-state index in [0.717, 1.165) is 0 Å². The summed E-state index contributed by atoms with van der Waals surface area (Å²) in [6.45, 7) is 1.81. The molecule has 6 nitrogen and oxygen atoms in total. The molecule has 2 aromatic carbocycles. The van der Waals surface area contributed by atoms with Crippen LogP contribution in [0.25, 0.3) is 22.3 Å². The van der Waals surface area contributed by atoms with Gasteiger partial charge in [0.15, 0.2) is 0 Å². The van der Waals surface area contributed by atoms with Crippen LogP contribution in [0.4, 0.5) is 4.39 Å². The second-order valence-electron chi connectivity index (χ2n) is 5.77. The zero-order valence-corrected chi connectivity index (χ0v) is 14.2. The third kappa shape index (κ3) is 2.45. The fourth-order valence-corrected chi connectivity index (χ4v) is 2.91. The maximum Gasteiger partial charge on any atom is 0.298 e. The Balaban J connectivity index is 2.03. The summed E-state index contributed by atoms with van der Waals surface area (Å²) in [5, 5.41) is 9.36. The van der Waals surface area contributed by atoms with E-state index in [1.165, 1.54) is 28.6 Å². The van der Waals surface area contributed by atoms with Gasteiger partial charge in [-0.1, -0.05) is 12.1 Å². The normalized spacial score (nSPS) is 11.0. The first-order valence-electron chi connectivity index (χ1n) is 7.97. The van der Waals surface area contributed by atoms with Gasteiger partial charge in [0.2, 0.25) is 0 Å². The van der Waals surface area contributed by atoms with Gasteiger partial charge in [-0.15, -0.1) is 0 Å². The molecule has 26 heavy (non-hydrogen) atoms. The first-order chi connectivity index (χ1) is 12.6. The van der Waals surface area contributed by atoms with Crippen LogP contribution in [0.3, 0.4) is 0 Å². The van der Waals surface area contributed by atoms with Gasteiger partial charge in [-0.3, -0.25) is 4.79 Å². The van der Waals surface area contributed by atoms with E-state index in [2.05, 4.69) is 10.2 Å². The van der Waals surface area contributed by atoms with E-state index in [0.29, 0.717) is 33.7 Å². The largest absolute Gasteiger partial charge is 0.494 e. The van der Waals surface area contributed by atoms with Crippen molar-refractivity contribution in [3.05, 3.63) is 76.6 Å².